The lowest BCUT2D eigenvalue weighted by Crippen LogP contribution is -2.36. The zero-order valence-corrected chi connectivity index (χ0v) is 17.5. The summed E-state index contributed by atoms with van der Waals surface area (Å²) in [6.45, 7) is 5.20. The van der Waals surface area contributed by atoms with Crippen molar-refractivity contribution in [3.63, 3.8) is 0 Å². The molecule has 1 aromatic carbocycles. The predicted molar refractivity (Wildman–Crippen MR) is 113 cm³/mol. The van der Waals surface area contributed by atoms with Crippen molar-refractivity contribution >= 4 is 28.1 Å². The lowest BCUT2D eigenvalue weighted by Gasteiger charge is -2.26. The van der Waals surface area contributed by atoms with Crippen LogP contribution in [0, 0.1) is 19.8 Å². The van der Waals surface area contributed by atoms with Crippen molar-refractivity contribution in [3.05, 3.63) is 56.0 Å². The third-order valence-corrected chi connectivity index (χ3v) is 7.00. The number of carbonyl (C=O) groups is 1. The molecule has 0 spiro atoms. The van der Waals surface area contributed by atoms with Crippen molar-refractivity contribution in [1.29, 1.82) is 0 Å². The summed E-state index contributed by atoms with van der Waals surface area (Å²) >= 11 is 1.45. The molecular formula is C22H24N4O2S. The first-order chi connectivity index (χ1) is 14.0. The molecule has 0 radical (unpaired) electrons. The topological polar surface area (TPSA) is 68.1 Å². The van der Waals surface area contributed by atoms with Crippen LogP contribution in [0.15, 0.2) is 29.1 Å². The molecule has 3 heterocycles. The summed E-state index contributed by atoms with van der Waals surface area (Å²) in [6.07, 6.45) is 4.06. The van der Waals surface area contributed by atoms with E-state index in [4.69, 9.17) is 4.98 Å². The molecule has 150 valence electrons. The van der Waals surface area contributed by atoms with Crippen molar-refractivity contribution in [1.82, 2.24) is 19.4 Å². The molecule has 29 heavy (non-hydrogen) atoms. The Morgan fingerprint density at radius 2 is 1.97 bits per heavy atom. The summed E-state index contributed by atoms with van der Waals surface area (Å²) in [7, 11) is 0. The minimum absolute atomic E-state index is 0.0102. The van der Waals surface area contributed by atoms with Crippen LogP contribution in [-0.2, 0) is 6.54 Å². The average molecular weight is 409 g/mol. The van der Waals surface area contributed by atoms with Crippen molar-refractivity contribution in [3.8, 4) is 0 Å². The van der Waals surface area contributed by atoms with Gasteiger partial charge >= 0.3 is 0 Å². The SMILES string of the molecule is Cc1nc(C)c(C(=O)N2CCCC2c2nc3ccccc3c(=O)n2CC2CC2)s1. The Bertz CT molecular complexity index is 1160. The van der Waals surface area contributed by atoms with E-state index in [2.05, 4.69) is 4.98 Å². The highest BCUT2D eigenvalue weighted by molar-refractivity contribution is 7.13. The summed E-state index contributed by atoms with van der Waals surface area (Å²) in [4.78, 5) is 38.6. The molecular weight excluding hydrogens is 384 g/mol. The molecule has 7 heteroatoms. The number of amides is 1. The molecule has 0 bridgehead atoms. The Hall–Kier alpha value is -2.54. The summed E-state index contributed by atoms with van der Waals surface area (Å²) < 4.78 is 1.85. The number of para-hydroxylation sites is 1. The molecule has 1 aliphatic heterocycles. The lowest BCUT2D eigenvalue weighted by molar-refractivity contribution is 0.0730. The quantitative estimate of drug-likeness (QED) is 0.657. The van der Waals surface area contributed by atoms with Gasteiger partial charge in [0.05, 0.1) is 27.6 Å². The molecule has 1 atom stereocenters. The van der Waals surface area contributed by atoms with Crippen LogP contribution in [0.1, 0.15) is 57.9 Å². The number of hydrogen-bond acceptors (Lipinski definition) is 5. The fourth-order valence-corrected chi connectivity index (χ4v) is 5.19. The van der Waals surface area contributed by atoms with Gasteiger partial charge in [0.15, 0.2) is 0 Å². The van der Waals surface area contributed by atoms with Crippen LogP contribution in [0.5, 0.6) is 0 Å². The van der Waals surface area contributed by atoms with Crippen LogP contribution in [0.25, 0.3) is 10.9 Å². The standard InChI is InChI=1S/C22H24N4O2S/c1-13-19(29-14(2)23-13)22(28)25-11-5-8-18(25)20-24-17-7-4-3-6-16(17)21(27)26(20)12-15-9-10-15/h3-4,6-7,15,18H,5,8-12H2,1-2H3. The Labute approximate surface area is 173 Å². The first-order valence-corrected chi connectivity index (χ1v) is 11.1. The molecule has 2 aromatic heterocycles. The number of rotatable bonds is 4. The Kier molecular flexibility index (Phi) is 4.50. The van der Waals surface area contributed by atoms with Gasteiger partial charge in [-0.2, -0.15) is 0 Å². The van der Waals surface area contributed by atoms with Crippen molar-refractivity contribution in [2.75, 3.05) is 6.54 Å². The van der Waals surface area contributed by atoms with Crippen LogP contribution in [0.3, 0.4) is 0 Å². The van der Waals surface area contributed by atoms with E-state index in [0.717, 1.165) is 42.2 Å². The fraction of sp³-hybridized carbons (Fsp3) is 0.455. The molecule has 3 aromatic rings. The van der Waals surface area contributed by atoms with Gasteiger partial charge in [-0.25, -0.2) is 9.97 Å². The average Bonchev–Trinajstić information content (AvgIpc) is 3.27. The van der Waals surface area contributed by atoms with Gasteiger partial charge < -0.3 is 4.90 Å². The second kappa shape index (κ2) is 7.06. The number of benzene rings is 1. The van der Waals surface area contributed by atoms with E-state index in [1.54, 1.807) is 0 Å². The second-order valence-corrected chi connectivity index (χ2v) is 9.35. The molecule has 2 fully saturated rings. The van der Waals surface area contributed by atoms with Crippen LogP contribution in [0.2, 0.25) is 0 Å². The van der Waals surface area contributed by atoms with Gasteiger partial charge in [0.1, 0.15) is 10.7 Å². The zero-order valence-electron chi connectivity index (χ0n) is 16.7. The molecule has 1 saturated carbocycles. The predicted octanol–water partition coefficient (Wildman–Crippen LogP) is 3.86. The van der Waals surface area contributed by atoms with Crippen molar-refractivity contribution in [2.24, 2.45) is 5.92 Å². The summed E-state index contributed by atoms with van der Waals surface area (Å²) in [5, 5.41) is 1.55. The van der Waals surface area contributed by atoms with E-state index in [0.29, 0.717) is 34.8 Å². The van der Waals surface area contributed by atoms with Gasteiger partial charge in [0, 0.05) is 13.1 Å². The minimum Gasteiger partial charge on any atom is -0.328 e. The second-order valence-electron chi connectivity index (χ2n) is 8.15. The van der Waals surface area contributed by atoms with Gasteiger partial charge in [-0.3, -0.25) is 14.2 Å². The minimum atomic E-state index is -0.166. The highest BCUT2D eigenvalue weighted by Crippen LogP contribution is 2.36. The lowest BCUT2D eigenvalue weighted by atomic mass is 10.1. The number of carbonyl (C=O) groups excluding carboxylic acids is 1. The first kappa shape index (κ1) is 18.5. The normalized spacial score (nSPS) is 19.2. The molecule has 1 saturated heterocycles. The number of thiazole rings is 1. The summed E-state index contributed by atoms with van der Waals surface area (Å²) in [6, 6.07) is 7.36. The van der Waals surface area contributed by atoms with E-state index in [-0.39, 0.29) is 17.5 Å². The molecule has 5 rings (SSSR count). The molecule has 0 N–H and O–H groups in total. The molecule has 1 unspecified atom stereocenters. The third kappa shape index (κ3) is 3.27. The third-order valence-electron chi connectivity index (χ3n) is 5.94. The maximum Gasteiger partial charge on any atom is 0.266 e. The monoisotopic (exact) mass is 408 g/mol. The number of likely N-dealkylation sites (tertiary alicyclic amines) is 1. The van der Waals surface area contributed by atoms with Crippen LogP contribution < -0.4 is 5.56 Å². The van der Waals surface area contributed by atoms with E-state index in [9.17, 15) is 9.59 Å². The maximum absolute atomic E-state index is 13.3. The van der Waals surface area contributed by atoms with E-state index >= 15 is 0 Å². The van der Waals surface area contributed by atoms with E-state index < -0.39 is 0 Å². The Balaban J connectivity index is 1.60. The Morgan fingerprint density at radius 1 is 1.17 bits per heavy atom. The Morgan fingerprint density at radius 3 is 2.69 bits per heavy atom. The summed E-state index contributed by atoms with van der Waals surface area (Å²) in [5.41, 5.74) is 1.51. The van der Waals surface area contributed by atoms with Crippen molar-refractivity contribution < 1.29 is 4.79 Å². The highest BCUT2D eigenvalue weighted by Gasteiger charge is 2.36. The number of aromatic nitrogens is 3. The van der Waals surface area contributed by atoms with E-state index in [1.165, 1.54) is 11.3 Å². The van der Waals surface area contributed by atoms with E-state index in [1.807, 2.05) is 47.6 Å². The van der Waals surface area contributed by atoms with Gasteiger partial charge in [-0.05, 0) is 57.6 Å². The molecule has 6 nitrogen and oxygen atoms in total. The van der Waals surface area contributed by atoms with Crippen LogP contribution in [0.4, 0.5) is 0 Å². The van der Waals surface area contributed by atoms with Crippen LogP contribution >= 0.6 is 11.3 Å². The first-order valence-electron chi connectivity index (χ1n) is 10.3. The smallest absolute Gasteiger partial charge is 0.266 e. The molecule has 1 aliphatic carbocycles. The van der Waals surface area contributed by atoms with Gasteiger partial charge in [-0.1, -0.05) is 12.1 Å². The molecule has 2 aliphatic rings. The number of hydrogen-bond donors (Lipinski definition) is 0. The van der Waals surface area contributed by atoms with Gasteiger partial charge in [-0.15, -0.1) is 11.3 Å². The number of aryl methyl sites for hydroxylation is 2. The number of fused-ring (bicyclic) bond motifs is 1. The number of nitrogens with zero attached hydrogens (tertiary/aromatic N) is 4. The largest absolute Gasteiger partial charge is 0.328 e. The summed E-state index contributed by atoms with van der Waals surface area (Å²) in [5.74, 6) is 1.30. The van der Waals surface area contributed by atoms with Gasteiger partial charge in [0.25, 0.3) is 11.5 Å². The molecule has 1 amide bonds. The van der Waals surface area contributed by atoms with Crippen molar-refractivity contribution in [2.45, 2.75) is 52.1 Å². The highest BCUT2D eigenvalue weighted by atomic mass is 32.1. The maximum atomic E-state index is 13.3. The fourth-order valence-electron chi connectivity index (χ4n) is 4.31. The van der Waals surface area contributed by atoms with Gasteiger partial charge in [0.2, 0.25) is 0 Å². The zero-order chi connectivity index (χ0) is 20.1. The van der Waals surface area contributed by atoms with Crippen LogP contribution in [-0.4, -0.2) is 31.9 Å².